The van der Waals surface area contributed by atoms with Crippen molar-refractivity contribution in [3.8, 4) is 0 Å². The predicted molar refractivity (Wildman–Crippen MR) is 106 cm³/mol. The summed E-state index contributed by atoms with van der Waals surface area (Å²) < 4.78 is 1.86. The Balaban J connectivity index is 0.00000264. The Labute approximate surface area is 155 Å². The van der Waals surface area contributed by atoms with Gasteiger partial charge in [-0.05, 0) is 31.0 Å². The summed E-state index contributed by atoms with van der Waals surface area (Å²) in [5.41, 5.74) is 3.72. The minimum atomic E-state index is 0. The summed E-state index contributed by atoms with van der Waals surface area (Å²) in [5.74, 6) is 0.909. The third kappa shape index (κ3) is 5.53. The fourth-order valence-corrected chi connectivity index (χ4v) is 2.30. The van der Waals surface area contributed by atoms with E-state index in [0.29, 0.717) is 6.54 Å². The smallest absolute Gasteiger partial charge is 0.194 e. The van der Waals surface area contributed by atoms with Crippen molar-refractivity contribution < 1.29 is 0 Å². The van der Waals surface area contributed by atoms with Crippen molar-refractivity contribution in [2.75, 3.05) is 13.6 Å². The van der Waals surface area contributed by atoms with Crippen LogP contribution in [0, 0.1) is 6.92 Å². The molecule has 5 nitrogen and oxygen atoms in total. The zero-order chi connectivity index (χ0) is 15.9. The Morgan fingerprint density at radius 2 is 2.04 bits per heavy atom. The molecule has 2 aromatic rings. The highest BCUT2D eigenvalue weighted by atomic mass is 127. The van der Waals surface area contributed by atoms with Crippen molar-refractivity contribution in [2.45, 2.75) is 26.9 Å². The van der Waals surface area contributed by atoms with Gasteiger partial charge in [-0.25, -0.2) is 4.99 Å². The lowest BCUT2D eigenvalue weighted by Crippen LogP contribution is -2.38. The topological polar surface area (TPSA) is 45.5 Å². The third-order valence-corrected chi connectivity index (χ3v) is 3.68. The molecule has 0 aliphatic rings. The predicted octanol–water partition coefficient (Wildman–Crippen LogP) is 2.94. The fourth-order valence-electron chi connectivity index (χ4n) is 2.30. The maximum absolute atomic E-state index is 4.71. The molecule has 0 saturated heterocycles. The number of guanidine groups is 1. The first-order chi connectivity index (χ1) is 10.6. The Morgan fingerprint density at radius 3 is 2.65 bits per heavy atom. The van der Waals surface area contributed by atoms with E-state index in [-0.39, 0.29) is 24.0 Å². The fraction of sp³-hybridized carbons (Fsp3) is 0.412. The Kier molecular flexibility index (Phi) is 8.08. The van der Waals surface area contributed by atoms with Gasteiger partial charge < -0.3 is 10.2 Å². The molecule has 1 aromatic carbocycles. The van der Waals surface area contributed by atoms with Gasteiger partial charge in [0.15, 0.2) is 5.96 Å². The molecule has 2 rings (SSSR count). The molecule has 0 fully saturated rings. The number of hydrogen-bond donors (Lipinski definition) is 1. The van der Waals surface area contributed by atoms with Gasteiger partial charge >= 0.3 is 0 Å². The van der Waals surface area contributed by atoms with Crippen molar-refractivity contribution in [1.29, 1.82) is 0 Å². The normalized spacial score (nSPS) is 11.0. The molecule has 0 radical (unpaired) electrons. The van der Waals surface area contributed by atoms with Gasteiger partial charge in [-0.1, -0.05) is 24.3 Å². The van der Waals surface area contributed by atoms with E-state index in [0.717, 1.165) is 24.7 Å². The molecule has 1 heterocycles. The molecule has 0 aliphatic carbocycles. The van der Waals surface area contributed by atoms with Crippen molar-refractivity contribution in [3.63, 3.8) is 0 Å². The number of aryl methyl sites for hydroxylation is 2. The van der Waals surface area contributed by atoms with E-state index in [1.165, 1.54) is 11.1 Å². The second-order valence-electron chi connectivity index (χ2n) is 5.40. The zero-order valence-electron chi connectivity index (χ0n) is 14.3. The second-order valence-corrected chi connectivity index (χ2v) is 5.40. The summed E-state index contributed by atoms with van der Waals surface area (Å²) >= 11 is 0. The van der Waals surface area contributed by atoms with Gasteiger partial charge in [-0.3, -0.25) is 4.68 Å². The largest absolute Gasteiger partial charge is 0.357 e. The van der Waals surface area contributed by atoms with Gasteiger partial charge in [-0.15, -0.1) is 24.0 Å². The molecule has 6 heteroatoms. The lowest BCUT2D eigenvalue weighted by atomic mass is 10.1. The van der Waals surface area contributed by atoms with E-state index >= 15 is 0 Å². The monoisotopic (exact) mass is 427 g/mol. The maximum Gasteiger partial charge on any atom is 0.194 e. The van der Waals surface area contributed by atoms with Gasteiger partial charge in [-0.2, -0.15) is 5.10 Å². The summed E-state index contributed by atoms with van der Waals surface area (Å²) in [5, 5.41) is 7.53. The van der Waals surface area contributed by atoms with Crippen molar-refractivity contribution in [1.82, 2.24) is 20.0 Å². The van der Waals surface area contributed by atoms with E-state index in [1.54, 1.807) is 6.20 Å². The van der Waals surface area contributed by atoms with Crippen molar-refractivity contribution in [2.24, 2.45) is 12.0 Å². The summed E-state index contributed by atoms with van der Waals surface area (Å²) in [4.78, 5) is 6.87. The van der Waals surface area contributed by atoms with Crippen LogP contribution in [0.15, 0.2) is 41.5 Å². The lowest BCUT2D eigenvalue weighted by Gasteiger charge is -2.23. The summed E-state index contributed by atoms with van der Waals surface area (Å²) in [7, 11) is 4.01. The molecule has 0 unspecified atom stereocenters. The molecular formula is C17H26IN5. The first-order valence-electron chi connectivity index (χ1n) is 7.62. The molecule has 23 heavy (non-hydrogen) atoms. The SMILES string of the molecule is CCNC(=NCc1ccnn1C)N(C)Cc1ccccc1C.I. The van der Waals surface area contributed by atoms with Gasteiger partial charge in [0.1, 0.15) is 0 Å². The first kappa shape index (κ1) is 19.5. The van der Waals surface area contributed by atoms with Gasteiger partial charge in [0, 0.05) is 33.4 Å². The maximum atomic E-state index is 4.71. The summed E-state index contributed by atoms with van der Waals surface area (Å²) in [6.07, 6.45) is 1.80. The Bertz CT molecular complexity index is 635. The van der Waals surface area contributed by atoms with Crippen LogP contribution < -0.4 is 5.32 Å². The molecule has 0 aliphatic heterocycles. The van der Waals surface area contributed by atoms with Crippen LogP contribution in [-0.2, 0) is 20.1 Å². The third-order valence-electron chi connectivity index (χ3n) is 3.68. The number of benzene rings is 1. The standard InChI is InChI=1S/C17H25N5.HI/c1-5-18-17(19-12-16-10-11-20-22(16)4)21(3)13-15-9-7-6-8-14(15)2;/h6-11H,5,12-13H2,1-4H3,(H,18,19);1H. The van der Waals surface area contributed by atoms with Gasteiger partial charge in [0.2, 0.25) is 0 Å². The second kappa shape index (κ2) is 9.54. The van der Waals surface area contributed by atoms with Crippen LogP contribution >= 0.6 is 24.0 Å². The molecular weight excluding hydrogens is 401 g/mol. The number of halogens is 1. The number of aliphatic imine (C=N–C) groups is 1. The van der Waals surface area contributed by atoms with E-state index in [4.69, 9.17) is 4.99 Å². The highest BCUT2D eigenvalue weighted by Crippen LogP contribution is 2.10. The number of hydrogen-bond acceptors (Lipinski definition) is 2. The first-order valence-corrected chi connectivity index (χ1v) is 7.62. The van der Waals surface area contributed by atoms with Crippen LogP contribution in [0.4, 0.5) is 0 Å². The minimum absolute atomic E-state index is 0. The van der Waals surface area contributed by atoms with Gasteiger partial charge in [0.25, 0.3) is 0 Å². The lowest BCUT2D eigenvalue weighted by molar-refractivity contribution is 0.475. The highest BCUT2D eigenvalue weighted by molar-refractivity contribution is 14.0. The molecule has 0 saturated carbocycles. The molecule has 0 amide bonds. The van der Waals surface area contributed by atoms with Crippen LogP contribution in [-0.4, -0.2) is 34.2 Å². The molecule has 1 aromatic heterocycles. The van der Waals surface area contributed by atoms with Crippen LogP contribution in [0.25, 0.3) is 0 Å². The van der Waals surface area contributed by atoms with E-state index in [9.17, 15) is 0 Å². The van der Waals surface area contributed by atoms with Gasteiger partial charge in [0.05, 0.1) is 12.2 Å². The average molecular weight is 427 g/mol. The van der Waals surface area contributed by atoms with E-state index < -0.39 is 0 Å². The summed E-state index contributed by atoms with van der Waals surface area (Å²) in [6, 6.07) is 10.4. The average Bonchev–Trinajstić information content (AvgIpc) is 2.91. The Morgan fingerprint density at radius 1 is 1.30 bits per heavy atom. The number of aromatic nitrogens is 2. The quantitative estimate of drug-likeness (QED) is 0.454. The van der Waals surface area contributed by atoms with Crippen LogP contribution in [0.1, 0.15) is 23.7 Å². The number of rotatable bonds is 5. The van der Waals surface area contributed by atoms with Crippen LogP contribution in [0.5, 0.6) is 0 Å². The number of nitrogens with one attached hydrogen (secondary N) is 1. The van der Waals surface area contributed by atoms with Crippen molar-refractivity contribution >= 4 is 29.9 Å². The molecule has 1 N–H and O–H groups in total. The molecule has 126 valence electrons. The number of nitrogens with zero attached hydrogens (tertiary/aromatic N) is 4. The molecule has 0 spiro atoms. The minimum Gasteiger partial charge on any atom is -0.357 e. The van der Waals surface area contributed by atoms with Crippen molar-refractivity contribution in [3.05, 3.63) is 53.3 Å². The molecule has 0 bridgehead atoms. The zero-order valence-corrected chi connectivity index (χ0v) is 16.6. The Hall–Kier alpha value is -1.57. The van der Waals surface area contributed by atoms with Crippen LogP contribution in [0.3, 0.4) is 0 Å². The van der Waals surface area contributed by atoms with E-state index in [2.05, 4.69) is 60.5 Å². The van der Waals surface area contributed by atoms with Crippen LogP contribution in [0.2, 0.25) is 0 Å². The van der Waals surface area contributed by atoms with E-state index in [1.807, 2.05) is 17.8 Å². The highest BCUT2D eigenvalue weighted by Gasteiger charge is 2.08. The summed E-state index contributed by atoms with van der Waals surface area (Å²) in [6.45, 7) is 6.53. The molecule has 0 atom stereocenters.